The van der Waals surface area contributed by atoms with Crippen LogP contribution in [-0.2, 0) is 6.42 Å². The number of benzene rings is 2. The molecule has 1 fully saturated rings. The normalized spacial score (nSPS) is 21.2. The van der Waals surface area contributed by atoms with Crippen molar-refractivity contribution < 1.29 is 4.79 Å². The second-order valence-electron chi connectivity index (χ2n) is 8.50. The number of pyridine rings is 1. The van der Waals surface area contributed by atoms with E-state index in [1.165, 1.54) is 24.0 Å². The molecule has 4 nitrogen and oxygen atoms in total. The molecular formula is C25H27N3O. The zero-order chi connectivity index (χ0) is 19.8. The van der Waals surface area contributed by atoms with E-state index < -0.39 is 0 Å². The number of anilines is 1. The Hall–Kier alpha value is -2.88. The number of aryl methyl sites for hydroxylation is 1. The van der Waals surface area contributed by atoms with Crippen molar-refractivity contribution in [1.29, 1.82) is 0 Å². The van der Waals surface area contributed by atoms with Gasteiger partial charge in [-0.3, -0.25) is 4.79 Å². The average Bonchev–Trinajstić information content (AvgIpc) is 3.16. The Morgan fingerprint density at radius 2 is 1.93 bits per heavy atom. The molecule has 1 aliphatic carbocycles. The lowest BCUT2D eigenvalue weighted by atomic mass is 10.00. The summed E-state index contributed by atoms with van der Waals surface area (Å²) in [5, 5.41) is 4.22. The minimum Gasteiger partial charge on any atom is -0.356 e. The lowest BCUT2D eigenvalue weighted by molar-refractivity contribution is 0.0938. The van der Waals surface area contributed by atoms with Crippen LogP contribution in [-0.4, -0.2) is 24.0 Å². The van der Waals surface area contributed by atoms with Crippen LogP contribution in [0.25, 0.3) is 10.9 Å². The first-order valence-electron chi connectivity index (χ1n) is 10.7. The minimum atomic E-state index is -0.00314. The van der Waals surface area contributed by atoms with E-state index in [4.69, 9.17) is 4.98 Å². The molecule has 5 rings (SSSR count). The smallest absolute Gasteiger partial charge is 0.252 e. The van der Waals surface area contributed by atoms with Gasteiger partial charge in [0.05, 0.1) is 17.1 Å². The predicted molar refractivity (Wildman–Crippen MR) is 117 cm³/mol. The number of carbonyl (C=O) groups excluding carboxylic acids is 1. The standard InChI is InChI=1S/C25H27N3O/c1-17-7-6-14-28(16-17)24-15-21(20-10-4-5-11-22(20)26-24)25(29)27-23-13-12-18-8-2-3-9-19(18)23/h2-5,8-11,15,17,23H,6-7,12-14,16H2,1H3,(H,27,29)/t17-,23+/m0/s1. The first-order valence-corrected chi connectivity index (χ1v) is 10.7. The maximum Gasteiger partial charge on any atom is 0.252 e. The number of aromatic nitrogens is 1. The fourth-order valence-corrected chi connectivity index (χ4v) is 4.85. The average molecular weight is 386 g/mol. The molecule has 1 N–H and O–H groups in total. The van der Waals surface area contributed by atoms with Crippen molar-refractivity contribution in [1.82, 2.24) is 10.3 Å². The molecule has 2 heterocycles. The Balaban J connectivity index is 1.49. The number of piperidine rings is 1. The number of rotatable bonds is 3. The molecule has 1 amide bonds. The second-order valence-corrected chi connectivity index (χ2v) is 8.50. The minimum absolute atomic E-state index is 0.00314. The van der Waals surface area contributed by atoms with Crippen molar-refractivity contribution >= 4 is 22.6 Å². The van der Waals surface area contributed by atoms with Crippen LogP contribution in [0.5, 0.6) is 0 Å². The van der Waals surface area contributed by atoms with E-state index in [1.807, 2.05) is 30.3 Å². The largest absolute Gasteiger partial charge is 0.356 e. The van der Waals surface area contributed by atoms with Crippen LogP contribution in [0.3, 0.4) is 0 Å². The van der Waals surface area contributed by atoms with Crippen LogP contribution in [0, 0.1) is 5.92 Å². The van der Waals surface area contributed by atoms with Crippen molar-refractivity contribution in [2.24, 2.45) is 5.92 Å². The molecule has 0 unspecified atom stereocenters. The van der Waals surface area contributed by atoms with E-state index in [0.29, 0.717) is 5.92 Å². The molecule has 2 aromatic carbocycles. The van der Waals surface area contributed by atoms with E-state index in [9.17, 15) is 4.79 Å². The summed E-state index contributed by atoms with van der Waals surface area (Å²) >= 11 is 0. The van der Waals surface area contributed by atoms with Gasteiger partial charge >= 0.3 is 0 Å². The van der Waals surface area contributed by atoms with Gasteiger partial charge in [0.1, 0.15) is 5.82 Å². The molecule has 0 saturated carbocycles. The fraction of sp³-hybridized carbons (Fsp3) is 0.360. The number of fused-ring (bicyclic) bond motifs is 2. The molecule has 1 aromatic heterocycles. The van der Waals surface area contributed by atoms with E-state index in [1.54, 1.807) is 0 Å². The SMILES string of the molecule is C[C@H]1CCCN(c2cc(C(=O)N[C@@H]3CCc4ccccc43)c3ccccc3n2)C1. The van der Waals surface area contributed by atoms with Gasteiger partial charge < -0.3 is 10.2 Å². The number of nitrogens with zero attached hydrogens (tertiary/aromatic N) is 2. The third-order valence-corrected chi connectivity index (χ3v) is 6.37. The molecule has 3 aromatic rings. The maximum absolute atomic E-state index is 13.4. The number of para-hydroxylation sites is 1. The van der Waals surface area contributed by atoms with Gasteiger partial charge in [0.2, 0.25) is 0 Å². The molecule has 0 bridgehead atoms. The maximum atomic E-state index is 13.4. The summed E-state index contributed by atoms with van der Waals surface area (Å²) in [5.74, 6) is 1.58. The van der Waals surface area contributed by atoms with Crippen LogP contribution < -0.4 is 10.2 Å². The molecule has 1 saturated heterocycles. The molecule has 1 aliphatic heterocycles. The van der Waals surface area contributed by atoms with Gasteiger partial charge in [0, 0.05) is 18.5 Å². The Morgan fingerprint density at radius 1 is 1.10 bits per heavy atom. The highest BCUT2D eigenvalue weighted by Gasteiger charge is 2.26. The summed E-state index contributed by atoms with van der Waals surface area (Å²) in [6.45, 7) is 4.30. The van der Waals surface area contributed by atoms with Gasteiger partial charge in [0.25, 0.3) is 5.91 Å². The van der Waals surface area contributed by atoms with Crippen molar-refractivity contribution in [3.05, 3.63) is 71.3 Å². The summed E-state index contributed by atoms with van der Waals surface area (Å²) in [6, 6.07) is 18.5. The van der Waals surface area contributed by atoms with Gasteiger partial charge in [-0.05, 0) is 54.9 Å². The van der Waals surface area contributed by atoms with E-state index in [-0.39, 0.29) is 11.9 Å². The number of hydrogen-bond acceptors (Lipinski definition) is 3. The zero-order valence-corrected chi connectivity index (χ0v) is 16.9. The van der Waals surface area contributed by atoms with Crippen LogP contribution in [0.15, 0.2) is 54.6 Å². The van der Waals surface area contributed by atoms with Gasteiger partial charge in [0.15, 0.2) is 0 Å². The van der Waals surface area contributed by atoms with E-state index in [2.05, 4.69) is 41.4 Å². The fourth-order valence-electron chi connectivity index (χ4n) is 4.85. The van der Waals surface area contributed by atoms with Crippen LogP contribution >= 0.6 is 0 Å². The second kappa shape index (κ2) is 7.51. The van der Waals surface area contributed by atoms with Gasteiger partial charge in [-0.25, -0.2) is 4.98 Å². The molecule has 0 spiro atoms. The van der Waals surface area contributed by atoms with Gasteiger partial charge in [-0.15, -0.1) is 0 Å². The first-order chi connectivity index (χ1) is 14.2. The number of amides is 1. The van der Waals surface area contributed by atoms with E-state index in [0.717, 1.165) is 48.2 Å². The zero-order valence-electron chi connectivity index (χ0n) is 16.9. The Kier molecular flexibility index (Phi) is 4.70. The monoisotopic (exact) mass is 385 g/mol. The molecule has 29 heavy (non-hydrogen) atoms. The van der Waals surface area contributed by atoms with Crippen LogP contribution in [0.2, 0.25) is 0 Å². The highest BCUT2D eigenvalue weighted by molar-refractivity contribution is 6.07. The first kappa shape index (κ1) is 18.2. The summed E-state index contributed by atoms with van der Waals surface area (Å²) in [4.78, 5) is 20.6. The molecular weight excluding hydrogens is 358 g/mol. The molecule has 2 atom stereocenters. The highest BCUT2D eigenvalue weighted by atomic mass is 16.1. The third kappa shape index (κ3) is 3.48. The lowest BCUT2D eigenvalue weighted by Crippen LogP contribution is -2.35. The van der Waals surface area contributed by atoms with Crippen molar-refractivity contribution in [2.75, 3.05) is 18.0 Å². The number of nitrogens with one attached hydrogen (secondary N) is 1. The van der Waals surface area contributed by atoms with Crippen molar-refractivity contribution in [3.63, 3.8) is 0 Å². The van der Waals surface area contributed by atoms with Gasteiger partial charge in [-0.2, -0.15) is 0 Å². The van der Waals surface area contributed by atoms with Crippen molar-refractivity contribution in [2.45, 2.75) is 38.6 Å². The molecule has 2 aliphatic rings. The Morgan fingerprint density at radius 3 is 2.83 bits per heavy atom. The summed E-state index contributed by atoms with van der Waals surface area (Å²) in [5.41, 5.74) is 4.22. The highest BCUT2D eigenvalue weighted by Crippen LogP contribution is 2.32. The predicted octanol–water partition coefficient (Wildman–Crippen LogP) is 4.89. The van der Waals surface area contributed by atoms with Gasteiger partial charge in [-0.1, -0.05) is 49.4 Å². The summed E-state index contributed by atoms with van der Waals surface area (Å²) in [7, 11) is 0. The molecule has 148 valence electrons. The molecule has 0 radical (unpaired) electrons. The van der Waals surface area contributed by atoms with Crippen LogP contribution in [0.1, 0.15) is 53.7 Å². The quantitative estimate of drug-likeness (QED) is 0.698. The van der Waals surface area contributed by atoms with Crippen molar-refractivity contribution in [3.8, 4) is 0 Å². The molecule has 4 heteroatoms. The Labute approximate surface area is 171 Å². The topological polar surface area (TPSA) is 45.2 Å². The summed E-state index contributed by atoms with van der Waals surface area (Å²) in [6.07, 6.45) is 4.42. The number of carbonyl (C=O) groups is 1. The third-order valence-electron chi connectivity index (χ3n) is 6.37. The number of hydrogen-bond donors (Lipinski definition) is 1. The van der Waals surface area contributed by atoms with E-state index >= 15 is 0 Å². The lowest BCUT2D eigenvalue weighted by Gasteiger charge is -2.32. The Bertz CT molecular complexity index is 1060. The van der Waals surface area contributed by atoms with Crippen LogP contribution in [0.4, 0.5) is 5.82 Å². The summed E-state index contributed by atoms with van der Waals surface area (Å²) < 4.78 is 0.